The van der Waals surface area contributed by atoms with Crippen molar-refractivity contribution in [2.75, 3.05) is 18.0 Å². The molecule has 0 bridgehead atoms. The minimum Gasteiger partial charge on any atom is -0.464 e. The first-order valence-corrected chi connectivity index (χ1v) is 15.4. The number of carbonyl (C=O) groups excluding carboxylic acids is 1. The number of carbonyl (C=O) groups is 2. The molecule has 1 aliphatic heterocycles. The molecule has 2 amide bonds. The number of hydrogen-bond donors (Lipinski definition) is 2. The summed E-state index contributed by atoms with van der Waals surface area (Å²) in [6.45, 7) is 9.99. The summed E-state index contributed by atoms with van der Waals surface area (Å²) in [5.41, 5.74) is -1.28. The fourth-order valence-corrected chi connectivity index (χ4v) is 8.05. The normalized spacial score (nSPS) is 18.2. The maximum atomic E-state index is 16.3. The van der Waals surface area contributed by atoms with Gasteiger partial charge >= 0.3 is 6.09 Å². The molecular weight excluding hydrogens is 560 g/mol. The van der Waals surface area contributed by atoms with Gasteiger partial charge in [0.2, 0.25) is 9.04 Å². The molecule has 1 fully saturated rings. The van der Waals surface area contributed by atoms with Crippen LogP contribution in [-0.4, -0.2) is 56.5 Å². The monoisotopic (exact) mass is 597 g/mol. The first-order chi connectivity index (χ1) is 19.8. The van der Waals surface area contributed by atoms with Gasteiger partial charge in [-0.2, -0.15) is 5.01 Å². The van der Waals surface area contributed by atoms with E-state index in [4.69, 9.17) is 15.0 Å². The van der Waals surface area contributed by atoms with Gasteiger partial charge in [0.05, 0.1) is 29.6 Å². The number of hydrazine groups is 1. The number of rotatable bonds is 7. The average Bonchev–Trinajstić information content (AvgIpc) is 2.94. The number of morpholine rings is 1. The smallest absolute Gasteiger partial charge is 0.429 e. The Morgan fingerprint density at radius 1 is 1.00 bits per heavy atom. The molecule has 3 aromatic rings. The Balaban J connectivity index is 1.96. The van der Waals surface area contributed by atoms with Gasteiger partial charge in [0.15, 0.2) is 11.6 Å². The molecule has 3 unspecified atom stereocenters. The van der Waals surface area contributed by atoms with Crippen molar-refractivity contribution in [2.45, 2.75) is 52.9 Å². The van der Waals surface area contributed by atoms with Crippen molar-refractivity contribution < 1.29 is 32.6 Å². The number of hydrogen-bond acceptors (Lipinski definition) is 6. The Kier molecular flexibility index (Phi) is 9.46. The molecule has 0 saturated carbocycles. The van der Waals surface area contributed by atoms with E-state index < -0.39 is 49.8 Å². The van der Waals surface area contributed by atoms with Gasteiger partial charge in [-0.1, -0.05) is 81.4 Å². The van der Waals surface area contributed by atoms with E-state index in [0.29, 0.717) is 0 Å². The number of imide groups is 1. The van der Waals surface area contributed by atoms with Crippen molar-refractivity contribution in [3.63, 3.8) is 0 Å². The number of nitrogens with two attached hydrogens (primary N) is 1. The van der Waals surface area contributed by atoms with Crippen molar-refractivity contribution in [3.8, 4) is 0 Å². The summed E-state index contributed by atoms with van der Waals surface area (Å²) in [7, 11) is -2.44. The highest BCUT2D eigenvalue weighted by atomic mass is 28.3. The lowest BCUT2D eigenvalue weighted by molar-refractivity contribution is -0.00577. The van der Waals surface area contributed by atoms with Crippen LogP contribution in [-0.2, 0) is 9.16 Å². The summed E-state index contributed by atoms with van der Waals surface area (Å²) in [6.07, 6.45) is -3.19. The van der Waals surface area contributed by atoms with Crippen molar-refractivity contribution in [1.29, 1.82) is 0 Å². The molecule has 11 heteroatoms. The molecule has 42 heavy (non-hydrogen) atoms. The van der Waals surface area contributed by atoms with E-state index in [1.165, 1.54) is 6.07 Å². The van der Waals surface area contributed by atoms with Crippen LogP contribution in [0.2, 0.25) is 0 Å². The average molecular weight is 598 g/mol. The highest BCUT2D eigenvalue weighted by Gasteiger charge is 2.39. The molecule has 4 rings (SSSR count). The van der Waals surface area contributed by atoms with Crippen molar-refractivity contribution >= 4 is 37.1 Å². The zero-order chi connectivity index (χ0) is 30.8. The van der Waals surface area contributed by atoms with Crippen LogP contribution in [0, 0.1) is 17.0 Å². The Hall–Kier alpha value is -3.64. The number of ether oxygens (including phenoxy) is 1. The molecule has 0 spiro atoms. The second kappa shape index (κ2) is 12.7. The van der Waals surface area contributed by atoms with Crippen molar-refractivity contribution in [1.82, 2.24) is 5.01 Å². The molecule has 224 valence electrons. The molecule has 1 saturated heterocycles. The summed E-state index contributed by atoms with van der Waals surface area (Å²) in [5, 5.41) is 11.1. The highest BCUT2D eigenvalue weighted by Crippen LogP contribution is 2.44. The maximum Gasteiger partial charge on any atom is 0.429 e. The molecule has 1 aliphatic rings. The first kappa shape index (κ1) is 31.3. The Morgan fingerprint density at radius 3 is 1.95 bits per heavy atom. The van der Waals surface area contributed by atoms with Gasteiger partial charge in [-0.3, -0.25) is 4.79 Å². The Morgan fingerprint density at radius 2 is 1.50 bits per heavy atom. The van der Waals surface area contributed by atoms with Crippen LogP contribution in [0.5, 0.6) is 0 Å². The van der Waals surface area contributed by atoms with E-state index in [1.807, 2.05) is 95.3 Å². The summed E-state index contributed by atoms with van der Waals surface area (Å²) >= 11 is 0. The number of nitrogens with zero attached hydrogens (tertiary/aromatic N) is 2. The molecule has 3 atom stereocenters. The van der Waals surface area contributed by atoms with E-state index in [-0.39, 0.29) is 41.6 Å². The second-order valence-corrected chi connectivity index (χ2v) is 14.1. The molecule has 0 aliphatic carbocycles. The van der Waals surface area contributed by atoms with Crippen molar-refractivity contribution in [2.24, 2.45) is 11.3 Å². The summed E-state index contributed by atoms with van der Waals surface area (Å²) in [5.74, 6) is 1.28. The summed E-state index contributed by atoms with van der Waals surface area (Å²) in [6, 6.07) is 20.6. The number of anilines is 1. The Labute approximate surface area is 246 Å². The van der Waals surface area contributed by atoms with E-state index in [9.17, 15) is 14.7 Å². The summed E-state index contributed by atoms with van der Waals surface area (Å²) in [4.78, 5) is 26.2. The van der Waals surface area contributed by atoms with Gasteiger partial charge in [-0.25, -0.2) is 19.4 Å². The maximum absolute atomic E-state index is 16.3. The fraction of sp³-hybridized carbons (Fsp3) is 0.355. The SMILES string of the molecule is CC1CN(c2c(C(O[SiH](c3ccccc3)c3ccccc3)C(C)(C)C)cc(C(=O)N(N)C(=O)O)c(F)c2F)CC(C)O1. The quantitative estimate of drug-likeness (QED) is 0.182. The predicted molar refractivity (Wildman–Crippen MR) is 160 cm³/mol. The minimum atomic E-state index is -2.44. The van der Waals surface area contributed by atoms with Crippen LogP contribution in [0.1, 0.15) is 56.6 Å². The highest BCUT2D eigenvalue weighted by molar-refractivity contribution is 6.80. The lowest BCUT2D eigenvalue weighted by Crippen LogP contribution is -2.49. The largest absolute Gasteiger partial charge is 0.464 e. The first-order valence-electron chi connectivity index (χ1n) is 13.8. The zero-order valence-corrected chi connectivity index (χ0v) is 25.5. The van der Waals surface area contributed by atoms with Gasteiger partial charge in [0, 0.05) is 18.7 Å². The fourth-order valence-electron chi connectivity index (χ4n) is 5.38. The number of halogens is 2. The Bertz CT molecular complexity index is 1370. The van der Waals surface area contributed by atoms with Gasteiger partial charge in [0.1, 0.15) is 0 Å². The van der Waals surface area contributed by atoms with Crippen molar-refractivity contribution in [3.05, 3.63) is 89.5 Å². The second-order valence-electron chi connectivity index (χ2n) is 11.7. The van der Waals surface area contributed by atoms with Crippen LogP contribution >= 0.6 is 0 Å². The molecular formula is C31H37F2N3O5Si. The van der Waals surface area contributed by atoms with Gasteiger partial charge < -0.3 is 19.2 Å². The van der Waals surface area contributed by atoms with Crippen LogP contribution in [0.4, 0.5) is 19.3 Å². The molecule has 3 aromatic carbocycles. The van der Waals surface area contributed by atoms with Gasteiger partial charge in [0.25, 0.3) is 5.91 Å². The predicted octanol–water partition coefficient (Wildman–Crippen LogP) is 4.21. The van der Waals surface area contributed by atoms with E-state index in [1.54, 1.807) is 4.90 Å². The van der Waals surface area contributed by atoms with Crippen LogP contribution in [0.15, 0.2) is 66.7 Å². The lowest BCUT2D eigenvalue weighted by atomic mass is 9.83. The molecule has 8 nitrogen and oxygen atoms in total. The van der Waals surface area contributed by atoms with Gasteiger partial charge in [-0.15, -0.1) is 0 Å². The number of benzene rings is 3. The van der Waals surface area contributed by atoms with E-state index >= 15 is 8.78 Å². The van der Waals surface area contributed by atoms with Crippen LogP contribution in [0.25, 0.3) is 0 Å². The zero-order valence-electron chi connectivity index (χ0n) is 24.4. The van der Waals surface area contributed by atoms with Crippen LogP contribution < -0.4 is 21.1 Å². The molecule has 0 aromatic heterocycles. The molecule has 3 N–H and O–H groups in total. The molecule has 0 radical (unpaired) electrons. The topological polar surface area (TPSA) is 105 Å². The minimum absolute atomic E-state index is 0.0428. The standard InChI is InChI=1S/C31H37F2N3O5Si/c1-19-17-35(18-20(2)40-19)27-24(16-23(25(32)26(27)33)29(37)36(34)30(38)39)28(31(3,4)5)41-42(21-12-8-6-9-13-21)22-14-10-7-11-15-22/h6-16,19-20,28,42H,17-18,34H2,1-5H3,(H,38,39). The van der Waals surface area contributed by atoms with Crippen LogP contribution in [0.3, 0.4) is 0 Å². The third-order valence-electron chi connectivity index (χ3n) is 7.15. The third kappa shape index (κ3) is 6.70. The third-order valence-corrected chi connectivity index (χ3v) is 9.67. The lowest BCUT2D eigenvalue weighted by Gasteiger charge is -2.41. The summed E-state index contributed by atoms with van der Waals surface area (Å²) < 4.78 is 44.8. The van der Waals surface area contributed by atoms with Gasteiger partial charge in [-0.05, 0) is 35.7 Å². The molecule has 1 heterocycles. The number of amides is 2. The van der Waals surface area contributed by atoms with E-state index in [2.05, 4.69) is 0 Å². The number of carboxylic acid groups (broad SMARTS) is 1. The van der Waals surface area contributed by atoms with E-state index in [0.717, 1.165) is 10.4 Å².